The Labute approximate surface area is 204 Å². The quantitative estimate of drug-likeness (QED) is 0.451. The van der Waals surface area contributed by atoms with Gasteiger partial charge in [-0.1, -0.05) is 12.1 Å². The molecule has 0 bridgehead atoms. The van der Waals surface area contributed by atoms with Crippen LogP contribution < -0.4 is 10.2 Å². The molecule has 188 valence electrons. The lowest BCUT2D eigenvalue weighted by atomic mass is 10.0. The van der Waals surface area contributed by atoms with Crippen LogP contribution in [0.2, 0.25) is 0 Å². The van der Waals surface area contributed by atoms with Crippen molar-refractivity contribution in [3.8, 4) is 0 Å². The molecular formula is C24H25F3N8O. The van der Waals surface area contributed by atoms with Crippen molar-refractivity contribution in [1.29, 1.82) is 0 Å². The van der Waals surface area contributed by atoms with E-state index in [-0.39, 0.29) is 17.8 Å². The number of nitrogens with one attached hydrogen (secondary N) is 1. The van der Waals surface area contributed by atoms with Crippen molar-refractivity contribution < 1.29 is 18.0 Å². The summed E-state index contributed by atoms with van der Waals surface area (Å²) in [6, 6.07) is 6.35. The van der Waals surface area contributed by atoms with Gasteiger partial charge in [0, 0.05) is 32.7 Å². The summed E-state index contributed by atoms with van der Waals surface area (Å²) in [6.45, 7) is 1.61. The molecule has 0 radical (unpaired) electrons. The first-order valence-corrected chi connectivity index (χ1v) is 12.1. The Bertz CT molecular complexity index is 1450. The number of halogens is 3. The standard InChI is InChI=1S/C24H25F3N8O/c1-33-19-18(32-21(33)22(36)28-12-14-6-7-14)20(30-13-29-19)34-10-8-15(9-11-34)35-17-5-3-2-4-16(17)31-23(35)24(25,26)27/h2-5,13-15H,6-12H2,1H3,(H,28,36). The number of aromatic nitrogens is 6. The zero-order valence-electron chi connectivity index (χ0n) is 19.7. The fourth-order valence-electron chi connectivity index (χ4n) is 5.01. The van der Waals surface area contributed by atoms with Crippen LogP contribution in [-0.2, 0) is 13.2 Å². The van der Waals surface area contributed by atoms with E-state index in [1.54, 1.807) is 35.9 Å². The number of benzene rings is 1. The van der Waals surface area contributed by atoms with E-state index in [1.165, 1.54) is 10.9 Å². The van der Waals surface area contributed by atoms with Crippen molar-refractivity contribution in [2.75, 3.05) is 24.5 Å². The molecule has 2 aliphatic rings. The van der Waals surface area contributed by atoms with Gasteiger partial charge in [-0.15, -0.1) is 0 Å². The van der Waals surface area contributed by atoms with Crippen LogP contribution in [0.15, 0.2) is 30.6 Å². The number of nitrogens with zero attached hydrogens (tertiary/aromatic N) is 7. The Morgan fingerprint density at radius 3 is 2.56 bits per heavy atom. The maximum absolute atomic E-state index is 13.8. The van der Waals surface area contributed by atoms with Crippen molar-refractivity contribution in [2.45, 2.75) is 37.9 Å². The molecule has 1 aliphatic carbocycles. The van der Waals surface area contributed by atoms with Gasteiger partial charge in [-0.3, -0.25) is 4.79 Å². The summed E-state index contributed by atoms with van der Waals surface area (Å²) in [5.41, 5.74) is 1.88. The van der Waals surface area contributed by atoms with Crippen molar-refractivity contribution in [1.82, 2.24) is 34.4 Å². The Balaban J connectivity index is 1.26. The molecule has 0 atom stereocenters. The third-order valence-electron chi connectivity index (χ3n) is 7.07. The molecule has 1 saturated carbocycles. The minimum atomic E-state index is -4.54. The molecule has 1 saturated heterocycles. The van der Waals surface area contributed by atoms with Crippen LogP contribution in [0.1, 0.15) is 48.2 Å². The van der Waals surface area contributed by atoms with Gasteiger partial charge in [0.2, 0.25) is 11.6 Å². The van der Waals surface area contributed by atoms with Gasteiger partial charge in [0.15, 0.2) is 17.0 Å². The van der Waals surface area contributed by atoms with E-state index in [4.69, 9.17) is 0 Å². The van der Waals surface area contributed by atoms with Gasteiger partial charge in [-0.25, -0.2) is 19.9 Å². The predicted octanol–water partition coefficient (Wildman–Crippen LogP) is 3.71. The van der Waals surface area contributed by atoms with Gasteiger partial charge in [-0.05, 0) is 43.7 Å². The highest BCUT2D eigenvalue weighted by Gasteiger charge is 2.40. The van der Waals surface area contributed by atoms with Gasteiger partial charge in [0.25, 0.3) is 5.91 Å². The van der Waals surface area contributed by atoms with Crippen LogP contribution in [0.25, 0.3) is 22.2 Å². The molecule has 1 aromatic carbocycles. The van der Waals surface area contributed by atoms with E-state index in [0.29, 0.717) is 66.4 Å². The molecule has 6 rings (SSSR count). The molecule has 1 aliphatic heterocycles. The number of anilines is 1. The van der Waals surface area contributed by atoms with Crippen molar-refractivity contribution in [3.63, 3.8) is 0 Å². The highest BCUT2D eigenvalue weighted by molar-refractivity contribution is 5.96. The Morgan fingerprint density at radius 1 is 1.08 bits per heavy atom. The highest BCUT2D eigenvalue weighted by atomic mass is 19.4. The second-order valence-corrected chi connectivity index (χ2v) is 9.53. The highest BCUT2D eigenvalue weighted by Crippen LogP contribution is 2.37. The molecule has 4 heterocycles. The van der Waals surface area contributed by atoms with E-state index < -0.39 is 12.0 Å². The normalized spacial score (nSPS) is 17.3. The summed E-state index contributed by atoms with van der Waals surface area (Å²) < 4.78 is 44.4. The van der Waals surface area contributed by atoms with Gasteiger partial charge in [0.1, 0.15) is 6.33 Å². The van der Waals surface area contributed by atoms with Crippen LogP contribution in [0, 0.1) is 5.92 Å². The second-order valence-electron chi connectivity index (χ2n) is 9.53. The smallest absolute Gasteiger partial charge is 0.355 e. The number of hydrogen-bond acceptors (Lipinski definition) is 6. The Morgan fingerprint density at radius 2 is 1.83 bits per heavy atom. The number of piperidine rings is 1. The minimum absolute atomic E-state index is 0.251. The van der Waals surface area contributed by atoms with Crippen LogP contribution in [0.4, 0.5) is 19.0 Å². The molecule has 9 nitrogen and oxygen atoms in total. The third kappa shape index (κ3) is 3.94. The van der Waals surface area contributed by atoms with Crippen LogP contribution >= 0.6 is 0 Å². The number of fused-ring (bicyclic) bond motifs is 2. The lowest BCUT2D eigenvalue weighted by molar-refractivity contribution is -0.147. The van der Waals surface area contributed by atoms with Gasteiger partial charge in [-0.2, -0.15) is 13.2 Å². The molecule has 0 spiro atoms. The molecule has 1 N–H and O–H groups in total. The summed E-state index contributed by atoms with van der Waals surface area (Å²) in [7, 11) is 1.74. The molecule has 12 heteroatoms. The lowest BCUT2D eigenvalue weighted by Crippen LogP contribution is -2.36. The van der Waals surface area contributed by atoms with Crippen molar-refractivity contribution >= 4 is 33.9 Å². The number of imidazole rings is 2. The summed E-state index contributed by atoms with van der Waals surface area (Å²) in [6.07, 6.45) is 0.121. The predicted molar refractivity (Wildman–Crippen MR) is 127 cm³/mol. The number of amides is 1. The third-order valence-corrected chi connectivity index (χ3v) is 7.07. The second kappa shape index (κ2) is 8.45. The molecule has 3 aromatic heterocycles. The number of aryl methyl sites for hydroxylation is 1. The van der Waals surface area contributed by atoms with E-state index >= 15 is 0 Å². The zero-order valence-corrected chi connectivity index (χ0v) is 19.7. The van der Waals surface area contributed by atoms with E-state index in [0.717, 1.165) is 12.8 Å². The van der Waals surface area contributed by atoms with Crippen LogP contribution in [0.3, 0.4) is 0 Å². The van der Waals surface area contributed by atoms with Crippen molar-refractivity contribution in [2.24, 2.45) is 13.0 Å². The average molecular weight is 499 g/mol. The Hall–Kier alpha value is -3.70. The number of hydrogen-bond donors (Lipinski definition) is 1. The summed E-state index contributed by atoms with van der Waals surface area (Å²) in [5, 5.41) is 2.93. The molecule has 0 unspecified atom stereocenters. The summed E-state index contributed by atoms with van der Waals surface area (Å²) >= 11 is 0. The van der Waals surface area contributed by atoms with Crippen LogP contribution in [0.5, 0.6) is 0 Å². The number of para-hydroxylation sites is 2. The summed E-state index contributed by atoms with van der Waals surface area (Å²) in [4.78, 5) is 31.9. The largest absolute Gasteiger partial charge is 0.449 e. The van der Waals surface area contributed by atoms with Gasteiger partial charge < -0.3 is 19.4 Å². The fourth-order valence-corrected chi connectivity index (χ4v) is 5.01. The monoisotopic (exact) mass is 498 g/mol. The molecular weight excluding hydrogens is 473 g/mol. The van der Waals surface area contributed by atoms with Crippen LogP contribution in [-0.4, -0.2) is 54.6 Å². The molecule has 2 fully saturated rings. The summed E-state index contributed by atoms with van der Waals surface area (Å²) in [5.74, 6) is 0.284. The lowest BCUT2D eigenvalue weighted by Gasteiger charge is -2.34. The first-order valence-electron chi connectivity index (χ1n) is 12.1. The fraction of sp³-hybridized carbons (Fsp3) is 0.458. The SMILES string of the molecule is Cn1c(C(=O)NCC2CC2)nc2c(N3CCC(n4c(C(F)(F)F)nc5ccccc54)CC3)ncnc21. The Kier molecular flexibility index (Phi) is 5.34. The number of carbonyl (C=O) groups is 1. The topological polar surface area (TPSA) is 93.8 Å². The number of alkyl halides is 3. The first kappa shape index (κ1) is 22.7. The van der Waals surface area contributed by atoms with Crippen molar-refractivity contribution in [3.05, 3.63) is 42.2 Å². The zero-order chi connectivity index (χ0) is 25.0. The van der Waals surface area contributed by atoms with E-state index in [9.17, 15) is 18.0 Å². The van der Waals surface area contributed by atoms with Gasteiger partial charge >= 0.3 is 6.18 Å². The molecule has 1 amide bonds. The van der Waals surface area contributed by atoms with Gasteiger partial charge in [0.05, 0.1) is 11.0 Å². The van der Waals surface area contributed by atoms with E-state index in [1.807, 2.05) is 4.90 Å². The molecule has 36 heavy (non-hydrogen) atoms. The number of rotatable bonds is 5. The first-order chi connectivity index (χ1) is 17.3. The maximum atomic E-state index is 13.8. The van der Waals surface area contributed by atoms with E-state index in [2.05, 4.69) is 25.3 Å². The maximum Gasteiger partial charge on any atom is 0.449 e. The minimum Gasteiger partial charge on any atom is -0.355 e. The number of carbonyl (C=O) groups excluding carboxylic acids is 1. The average Bonchev–Trinajstić information content (AvgIpc) is 3.52. The molecule has 4 aromatic rings.